The molecular weight excluding hydrogens is 264 g/mol. The van der Waals surface area contributed by atoms with Gasteiger partial charge in [0, 0.05) is 12.3 Å². The Hall–Kier alpha value is -1.96. The van der Waals surface area contributed by atoms with Gasteiger partial charge in [0.05, 0.1) is 11.9 Å². The van der Waals surface area contributed by atoms with Crippen molar-refractivity contribution in [1.82, 2.24) is 10.2 Å². The molecule has 2 N–H and O–H groups in total. The maximum absolute atomic E-state index is 13.5. The number of halogens is 2. The molecule has 0 saturated heterocycles. The quantitative estimate of drug-likeness (QED) is 0.895. The van der Waals surface area contributed by atoms with Crippen LogP contribution < -0.4 is 4.72 Å². The second-order valence-corrected chi connectivity index (χ2v) is 5.30. The molecule has 2 rings (SSSR count). The van der Waals surface area contributed by atoms with Gasteiger partial charge in [0.1, 0.15) is 16.5 Å². The molecule has 2 aromatic rings. The van der Waals surface area contributed by atoms with E-state index >= 15 is 0 Å². The van der Waals surface area contributed by atoms with Crippen molar-refractivity contribution in [2.75, 3.05) is 4.72 Å². The Bertz CT molecular complexity index is 669. The highest BCUT2D eigenvalue weighted by Crippen LogP contribution is 2.21. The summed E-state index contributed by atoms with van der Waals surface area (Å²) >= 11 is 0. The van der Waals surface area contributed by atoms with Crippen LogP contribution in [0.4, 0.5) is 14.5 Å². The maximum Gasteiger partial charge on any atom is 0.265 e. The van der Waals surface area contributed by atoms with Crippen molar-refractivity contribution in [3.8, 4) is 0 Å². The fourth-order valence-electron chi connectivity index (χ4n) is 1.31. The zero-order chi connectivity index (χ0) is 13.3. The van der Waals surface area contributed by atoms with E-state index in [1.165, 1.54) is 6.92 Å². The molecule has 0 fully saturated rings. The van der Waals surface area contributed by atoms with Crippen LogP contribution >= 0.6 is 0 Å². The summed E-state index contributed by atoms with van der Waals surface area (Å²) in [7, 11) is -3.97. The van der Waals surface area contributed by atoms with Crippen LogP contribution in [-0.4, -0.2) is 18.6 Å². The van der Waals surface area contributed by atoms with Crippen molar-refractivity contribution in [3.63, 3.8) is 0 Å². The predicted octanol–water partition coefficient (Wildman–Crippen LogP) is 1.80. The lowest BCUT2D eigenvalue weighted by Gasteiger charge is -2.08. The van der Waals surface area contributed by atoms with Gasteiger partial charge in [-0.25, -0.2) is 17.2 Å². The minimum Gasteiger partial charge on any atom is -0.284 e. The molecule has 0 bridgehead atoms. The first-order valence-electron chi connectivity index (χ1n) is 4.87. The molecule has 18 heavy (non-hydrogen) atoms. The van der Waals surface area contributed by atoms with Crippen molar-refractivity contribution in [2.45, 2.75) is 11.8 Å². The molecule has 96 valence electrons. The van der Waals surface area contributed by atoms with E-state index in [2.05, 4.69) is 10.2 Å². The van der Waals surface area contributed by atoms with Gasteiger partial charge < -0.3 is 0 Å². The molecule has 0 unspecified atom stereocenters. The standard InChI is InChI=1S/C10H9F2N3O2S/c1-6-2-9(12)10(3-8(6)11)15-18(16,17)7-4-13-14-5-7/h2-5,15H,1H3,(H,13,14). The Morgan fingerprint density at radius 1 is 1.28 bits per heavy atom. The number of aromatic nitrogens is 2. The van der Waals surface area contributed by atoms with Gasteiger partial charge in [0.15, 0.2) is 0 Å². The lowest BCUT2D eigenvalue weighted by atomic mass is 10.2. The highest BCUT2D eigenvalue weighted by atomic mass is 32.2. The van der Waals surface area contributed by atoms with Crippen LogP contribution in [0.1, 0.15) is 5.56 Å². The predicted molar refractivity (Wildman–Crippen MR) is 60.5 cm³/mol. The highest BCUT2D eigenvalue weighted by molar-refractivity contribution is 7.92. The number of nitrogens with one attached hydrogen (secondary N) is 2. The van der Waals surface area contributed by atoms with Crippen LogP contribution in [0.5, 0.6) is 0 Å². The van der Waals surface area contributed by atoms with Crippen LogP contribution in [0.2, 0.25) is 0 Å². The van der Waals surface area contributed by atoms with Crippen molar-refractivity contribution in [1.29, 1.82) is 0 Å². The Labute approximate surface area is 102 Å². The number of aromatic amines is 1. The molecule has 0 spiro atoms. The lowest BCUT2D eigenvalue weighted by molar-refractivity contribution is 0.590. The van der Waals surface area contributed by atoms with Crippen molar-refractivity contribution >= 4 is 15.7 Å². The summed E-state index contributed by atoms with van der Waals surface area (Å²) in [5, 5.41) is 5.79. The smallest absolute Gasteiger partial charge is 0.265 e. The van der Waals surface area contributed by atoms with E-state index in [0.717, 1.165) is 24.5 Å². The van der Waals surface area contributed by atoms with Gasteiger partial charge in [0.2, 0.25) is 0 Å². The fourth-order valence-corrected chi connectivity index (χ4v) is 2.28. The average molecular weight is 273 g/mol. The van der Waals surface area contributed by atoms with Crippen LogP contribution in [0, 0.1) is 18.6 Å². The van der Waals surface area contributed by atoms with Gasteiger partial charge in [-0.3, -0.25) is 9.82 Å². The summed E-state index contributed by atoms with van der Waals surface area (Å²) < 4.78 is 52.2. The van der Waals surface area contributed by atoms with Crippen molar-refractivity contribution in [3.05, 3.63) is 41.7 Å². The number of benzene rings is 1. The number of H-pyrrole nitrogens is 1. The molecule has 0 aliphatic rings. The van der Waals surface area contributed by atoms with E-state index in [1.807, 2.05) is 4.72 Å². The van der Waals surface area contributed by atoms with Crippen molar-refractivity contribution < 1.29 is 17.2 Å². The molecule has 0 aliphatic heterocycles. The van der Waals surface area contributed by atoms with Crippen LogP contribution in [0.15, 0.2) is 29.4 Å². The third-order valence-corrected chi connectivity index (χ3v) is 3.61. The monoisotopic (exact) mass is 273 g/mol. The molecule has 1 heterocycles. The van der Waals surface area contributed by atoms with Crippen LogP contribution in [0.3, 0.4) is 0 Å². The minimum absolute atomic E-state index is 0.0961. The third kappa shape index (κ3) is 2.33. The highest BCUT2D eigenvalue weighted by Gasteiger charge is 2.18. The van der Waals surface area contributed by atoms with E-state index in [4.69, 9.17) is 0 Å². The second kappa shape index (κ2) is 4.37. The van der Waals surface area contributed by atoms with E-state index in [1.54, 1.807) is 0 Å². The molecule has 1 aromatic carbocycles. The lowest BCUT2D eigenvalue weighted by Crippen LogP contribution is -2.13. The minimum atomic E-state index is -3.97. The molecular formula is C10H9F2N3O2S. The van der Waals surface area contributed by atoms with Crippen LogP contribution in [0.25, 0.3) is 0 Å². The topological polar surface area (TPSA) is 74.8 Å². The van der Waals surface area contributed by atoms with Gasteiger partial charge in [-0.2, -0.15) is 5.10 Å². The number of anilines is 1. The van der Waals surface area contributed by atoms with Crippen LogP contribution in [-0.2, 0) is 10.0 Å². The Kier molecular flexibility index (Phi) is 3.04. The van der Waals surface area contributed by atoms with Gasteiger partial charge in [-0.05, 0) is 18.6 Å². The Balaban J connectivity index is 2.39. The summed E-state index contributed by atoms with van der Waals surface area (Å²) in [6.07, 6.45) is 2.19. The molecule has 5 nitrogen and oxygen atoms in total. The second-order valence-electron chi connectivity index (χ2n) is 3.62. The maximum atomic E-state index is 13.5. The van der Waals surface area contributed by atoms with E-state index in [0.29, 0.717) is 0 Å². The van der Waals surface area contributed by atoms with Crippen molar-refractivity contribution in [2.24, 2.45) is 0 Å². The van der Waals surface area contributed by atoms with Gasteiger partial charge in [-0.1, -0.05) is 0 Å². The Morgan fingerprint density at radius 2 is 2.00 bits per heavy atom. The molecule has 0 atom stereocenters. The largest absolute Gasteiger partial charge is 0.284 e. The molecule has 0 aliphatic carbocycles. The summed E-state index contributed by atoms with van der Waals surface area (Å²) in [6, 6.07) is 1.71. The normalized spacial score (nSPS) is 11.5. The van der Waals surface area contributed by atoms with Gasteiger partial charge in [-0.15, -0.1) is 0 Å². The molecule has 0 amide bonds. The van der Waals surface area contributed by atoms with Gasteiger partial charge in [0.25, 0.3) is 10.0 Å². The fraction of sp³-hybridized carbons (Fsp3) is 0.100. The first kappa shape index (κ1) is 12.5. The number of aryl methyl sites for hydroxylation is 1. The molecule has 1 aromatic heterocycles. The first-order valence-corrected chi connectivity index (χ1v) is 6.36. The number of nitrogens with zero attached hydrogens (tertiary/aromatic N) is 1. The average Bonchev–Trinajstić information content (AvgIpc) is 2.79. The molecule has 0 radical (unpaired) electrons. The summed E-state index contributed by atoms with van der Waals surface area (Å²) in [6.45, 7) is 1.38. The SMILES string of the molecule is Cc1cc(F)c(NS(=O)(=O)c2cn[nH]c2)cc1F. The zero-order valence-corrected chi connectivity index (χ0v) is 10.1. The van der Waals surface area contributed by atoms with E-state index in [9.17, 15) is 17.2 Å². The number of hydrogen-bond acceptors (Lipinski definition) is 3. The van der Waals surface area contributed by atoms with E-state index < -0.39 is 27.3 Å². The van der Waals surface area contributed by atoms with Gasteiger partial charge >= 0.3 is 0 Å². The first-order chi connectivity index (χ1) is 8.40. The summed E-state index contributed by atoms with van der Waals surface area (Å²) in [5.41, 5.74) is -0.349. The summed E-state index contributed by atoms with van der Waals surface area (Å²) in [5.74, 6) is -1.54. The number of sulfonamides is 1. The molecule has 0 saturated carbocycles. The summed E-state index contributed by atoms with van der Waals surface area (Å²) in [4.78, 5) is -0.164. The molecule has 8 heteroatoms. The zero-order valence-electron chi connectivity index (χ0n) is 9.24. The Morgan fingerprint density at radius 3 is 2.61 bits per heavy atom. The van der Waals surface area contributed by atoms with E-state index in [-0.39, 0.29) is 10.5 Å². The number of hydrogen-bond donors (Lipinski definition) is 2. The number of rotatable bonds is 3. The third-order valence-electron chi connectivity index (χ3n) is 2.28.